The average Bonchev–Trinajstić information content (AvgIpc) is 3.52. The molecule has 9 heteroatoms. The van der Waals surface area contributed by atoms with E-state index in [-0.39, 0.29) is 11.3 Å². The molecule has 2 aromatic carbocycles. The number of thiophene rings is 1. The molecule has 1 aliphatic rings. The molecule has 0 radical (unpaired) electrons. The van der Waals surface area contributed by atoms with Crippen LogP contribution in [0, 0.1) is 0 Å². The first-order valence-electron chi connectivity index (χ1n) is 10.1. The summed E-state index contributed by atoms with van der Waals surface area (Å²) in [5, 5.41) is 17.4. The van der Waals surface area contributed by atoms with Gasteiger partial charge in [0.15, 0.2) is 18.1 Å². The zero-order chi connectivity index (χ0) is 23.4. The highest BCUT2D eigenvalue weighted by Gasteiger charge is 2.34. The fraction of sp³-hybridized carbons (Fsp3) is 0.208. The normalized spacial score (nSPS) is 15.2. The number of hydrogen-bond donors (Lipinski definition) is 1. The number of carbonyl (C=O) groups is 2. The van der Waals surface area contributed by atoms with Gasteiger partial charge < -0.3 is 19.3 Å². The van der Waals surface area contributed by atoms with E-state index in [4.69, 9.17) is 14.2 Å². The van der Waals surface area contributed by atoms with Crippen LogP contribution in [0.15, 0.2) is 65.1 Å². The molecule has 33 heavy (non-hydrogen) atoms. The number of phenolic OH excluding ortho intramolecular Hbond substituents is 1. The van der Waals surface area contributed by atoms with Crippen molar-refractivity contribution in [1.82, 2.24) is 5.01 Å². The number of methoxy groups -OCH3 is 2. The third-order valence-corrected chi connectivity index (χ3v) is 6.09. The fourth-order valence-electron chi connectivity index (χ4n) is 3.56. The minimum Gasteiger partial charge on any atom is -0.508 e. The van der Waals surface area contributed by atoms with Gasteiger partial charge in [0, 0.05) is 6.42 Å². The Morgan fingerprint density at radius 3 is 2.61 bits per heavy atom. The van der Waals surface area contributed by atoms with Crippen LogP contribution in [0.25, 0.3) is 0 Å². The SMILES string of the molecule is COc1ccc(C2CC(c3cccs3)=NN2C(=O)COC(=O)c2cccc(O)c2)cc1OC. The van der Waals surface area contributed by atoms with E-state index in [1.807, 2.05) is 29.6 Å². The van der Waals surface area contributed by atoms with E-state index in [9.17, 15) is 14.7 Å². The number of phenols is 1. The second-order valence-electron chi connectivity index (χ2n) is 7.22. The molecule has 1 aliphatic heterocycles. The topological polar surface area (TPSA) is 97.7 Å². The number of rotatable bonds is 7. The van der Waals surface area contributed by atoms with Gasteiger partial charge in [0.05, 0.1) is 36.4 Å². The van der Waals surface area contributed by atoms with Crippen LogP contribution in [0.2, 0.25) is 0 Å². The maximum absolute atomic E-state index is 13.1. The monoisotopic (exact) mass is 466 g/mol. The summed E-state index contributed by atoms with van der Waals surface area (Å²) in [6.45, 7) is -0.487. The molecule has 0 bridgehead atoms. The zero-order valence-corrected chi connectivity index (χ0v) is 18.9. The minimum absolute atomic E-state index is 0.0611. The lowest BCUT2D eigenvalue weighted by Gasteiger charge is -2.22. The van der Waals surface area contributed by atoms with Crippen LogP contribution >= 0.6 is 11.3 Å². The summed E-state index contributed by atoms with van der Waals surface area (Å²) < 4.78 is 15.9. The number of carbonyl (C=O) groups excluding carboxylic acids is 2. The number of amides is 1. The van der Waals surface area contributed by atoms with E-state index in [1.54, 1.807) is 20.3 Å². The Kier molecular flexibility index (Phi) is 6.60. The van der Waals surface area contributed by atoms with Crippen molar-refractivity contribution in [3.05, 3.63) is 76.0 Å². The van der Waals surface area contributed by atoms with Gasteiger partial charge in [-0.1, -0.05) is 18.2 Å². The van der Waals surface area contributed by atoms with Crippen LogP contribution < -0.4 is 9.47 Å². The maximum Gasteiger partial charge on any atom is 0.338 e. The summed E-state index contributed by atoms with van der Waals surface area (Å²) in [5.41, 5.74) is 1.75. The van der Waals surface area contributed by atoms with Gasteiger partial charge in [0.1, 0.15) is 5.75 Å². The number of ether oxygens (including phenoxy) is 3. The van der Waals surface area contributed by atoms with E-state index < -0.39 is 24.5 Å². The summed E-state index contributed by atoms with van der Waals surface area (Å²) in [4.78, 5) is 26.3. The van der Waals surface area contributed by atoms with Gasteiger partial charge >= 0.3 is 5.97 Å². The van der Waals surface area contributed by atoms with E-state index in [1.165, 1.54) is 40.6 Å². The minimum atomic E-state index is -0.705. The Hall–Kier alpha value is -3.85. The first kappa shape index (κ1) is 22.3. The largest absolute Gasteiger partial charge is 0.508 e. The van der Waals surface area contributed by atoms with Crippen molar-refractivity contribution in [2.45, 2.75) is 12.5 Å². The molecule has 0 fully saturated rings. The molecule has 1 N–H and O–H groups in total. The third-order valence-electron chi connectivity index (χ3n) is 5.17. The van der Waals surface area contributed by atoms with Gasteiger partial charge in [-0.2, -0.15) is 5.10 Å². The van der Waals surface area contributed by atoms with Crippen LogP contribution in [-0.2, 0) is 9.53 Å². The number of esters is 1. The number of benzene rings is 2. The number of aromatic hydroxyl groups is 1. The van der Waals surface area contributed by atoms with E-state index in [0.29, 0.717) is 17.9 Å². The zero-order valence-electron chi connectivity index (χ0n) is 18.1. The van der Waals surface area contributed by atoms with Crippen molar-refractivity contribution >= 4 is 28.9 Å². The molecule has 0 saturated heterocycles. The van der Waals surface area contributed by atoms with E-state index in [0.717, 1.165) is 16.2 Å². The molecule has 0 saturated carbocycles. The predicted molar refractivity (Wildman–Crippen MR) is 123 cm³/mol. The molecule has 4 rings (SSSR count). The van der Waals surface area contributed by atoms with Crippen molar-refractivity contribution in [1.29, 1.82) is 0 Å². The maximum atomic E-state index is 13.1. The van der Waals surface area contributed by atoms with Crippen molar-refractivity contribution in [3.63, 3.8) is 0 Å². The molecule has 0 aliphatic carbocycles. The third kappa shape index (κ3) is 4.83. The average molecular weight is 467 g/mol. The van der Waals surface area contributed by atoms with Crippen molar-refractivity contribution < 1.29 is 28.9 Å². The summed E-state index contributed by atoms with van der Waals surface area (Å²) >= 11 is 1.54. The smallest absolute Gasteiger partial charge is 0.338 e. The highest BCUT2D eigenvalue weighted by molar-refractivity contribution is 7.12. The predicted octanol–water partition coefficient (Wildman–Crippen LogP) is 4.01. The summed E-state index contributed by atoms with van der Waals surface area (Å²) in [6, 6.07) is 14.7. The Balaban J connectivity index is 1.56. The second-order valence-corrected chi connectivity index (χ2v) is 8.17. The Labute approximate surface area is 194 Å². The molecular weight excluding hydrogens is 444 g/mol. The van der Waals surface area contributed by atoms with Crippen molar-refractivity contribution in [2.75, 3.05) is 20.8 Å². The van der Waals surface area contributed by atoms with Crippen LogP contribution in [0.1, 0.15) is 33.3 Å². The lowest BCUT2D eigenvalue weighted by atomic mass is 10.0. The molecule has 170 valence electrons. The van der Waals surface area contributed by atoms with Crippen LogP contribution in [0.5, 0.6) is 17.2 Å². The standard InChI is InChI=1S/C24H22N2O6S/c1-30-20-9-8-15(12-21(20)31-2)19-13-18(22-7-4-10-33-22)25-26(19)23(28)14-32-24(29)16-5-3-6-17(27)11-16/h3-12,19,27H,13-14H2,1-2H3. The highest BCUT2D eigenvalue weighted by Crippen LogP contribution is 2.37. The second kappa shape index (κ2) is 9.74. The van der Waals surface area contributed by atoms with Gasteiger partial charge in [-0.25, -0.2) is 9.80 Å². The first-order chi connectivity index (χ1) is 16.0. The van der Waals surface area contributed by atoms with Crippen molar-refractivity contribution in [2.24, 2.45) is 5.10 Å². The Bertz CT molecular complexity index is 1190. The molecule has 1 aromatic heterocycles. The molecule has 0 spiro atoms. The van der Waals surface area contributed by atoms with Crippen molar-refractivity contribution in [3.8, 4) is 17.2 Å². The summed E-state index contributed by atoms with van der Waals surface area (Å²) in [7, 11) is 3.11. The molecular formula is C24H22N2O6S. The number of hydrogen-bond acceptors (Lipinski definition) is 8. The first-order valence-corrected chi connectivity index (χ1v) is 11.0. The van der Waals surface area contributed by atoms with Crippen LogP contribution in [-0.4, -0.2) is 48.5 Å². The van der Waals surface area contributed by atoms with Gasteiger partial charge in [-0.3, -0.25) is 4.79 Å². The number of hydrazone groups is 1. The lowest BCUT2D eigenvalue weighted by Crippen LogP contribution is -2.31. The molecule has 1 atom stereocenters. The molecule has 8 nitrogen and oxygen atoms in total. The Morgan fingerprint density at radius 1 is 1.09 bits per heavy atom. The highest BCUT2D eigenvalue weighted by atomic mass is 32.1. The van der Waals surface area contributed by atoms with E-state index in [2.05, 4.69) is 5.10 Å². The van der Waals surface area contributed by atoms with Gasteiger partial charge in [-0.05, 0) is 47.3 Å². The van der Waals surface area contributed by atoms with E-state index >= 15 is 0 Å². The molecule has 1 amide bonds. The quantitative estimate of drug-likeness (QED) is 0.529. The number of nitrogens with zero attached hydrogens (tertiary/aromatic N) is 2. The Morgan fingerprint density at radius 2 is 1.91 bits per heavy atom. The van der Waals surface area contributed by atoms with Gasteiger partial charge in [-0.15, -0.1) is 11.3 Å². The molecule has 3 aromatic rings. The molecule has 1 unspecified atom stereocenters. The lowest BCUT2D eigenvalue weighted by molar-refractivity contribution is -0.136. The van der Waals surface area contributed by atoms with Gasteiger partial charge in [0.2, 0.25) is 0 Å². The van der Waals surface area contributed by atoms with Crippen LogP contribution in [0.4, 0.5) is 0 Å². The van der Waals surface area contributed by atoms with Crippen LogP contribution in [0.3, 0.4) is 0 Å². The summed E-state index contributed by atoms with van der Waals surface area (Å²) in [5.74, 6) is -0.105. The summed E-state index contributed by atoms with van der Waals surface area (Å²) in [6.07, 6.45) is 0.502. The van der Waals surface area contributed by atoms with Gasteiger partial charge in [0.25, 0.3) is 5.91 Å². The molecule has 2 heterocycles. The fourth-order valence-corrected chi connectivity index (χ4v) is 4.28.